The normalized spacial score (nSPS) is 11.3. The van der Waals surface area contributed by atoms with Crippen LogP contribution >= 0.6 is 22.6 Å². The highest BCUT2D eigenvalue weighted by Crippen LogP contribution is 2.31. The molecule has 0 aromatic carbocycles. The zero-order valence-corrected chi connectivity index (χ0v) is 9.87. The SMILES string of the molecule is NCc1ncc(I)c(OC(F)(F)F)c1C=O. The van der Waals surface area contributed by atoms with Gasteiger partial charge in [-0.15, -0.1) is 13.2 Å². The van der Waals surface area contributed by atoms with Crippen LogP contribution < -0.4 is 10.5 Å². The van der Waals surface area contributed by atoms with Crippen LogP contribution in [-0.4, -0.2) is 17.6 Å². The third-order valence-electron chi connectivity index (χ3n) is 1.64. The second-order valence-electron chi connectivity index (χ2n) is 2.67. The van der Waals surface area contributed by atoms with Gasteiger partial charge < -0.3 is 10.5 Å². The van der Waals surface area contributed by atoms with E-state index >= 15 is 0 Å². The average Bonchev–Trinajstić information content (AvgIpc) is 2.19. The molecule has 0 spiro atoms. The highest BCUT2D eigenvalue weighted by Gasteiger charge is 2.33. The summed E-state index contributed by atoms with van der Waals surface area (Å²) < 4.78 is 40.1. The molecule has 0 atom stereocenters. The second-order valence-corrected chi connectivity index (χ2v) is 3.83. The first-order valence-corrected chi connectivity index (χ1v) is 5.05. The quantitative estimate of drug-likeness (QED) is 0.670. The lowest BCUT2D eigenvalue weighted by Crippen LogP contribution is -2.20. The molecule has 0 radical (unpaired) electrons. The first kappa shape index (κ1) is 13.2. The molecular formula is C8H6F3IN2O2. The molecule has 0 bridgehead atoms. The number of pyridine rings is 1. The first-order valence-electron chi connectivity index (χ1n) is 3.97. The smallest absolute Gasteiger partial charge is 0.404 e. The van der Waals surface area contributed by atoms with Crippen LogP contribution in [0.3, 0.4) is 0 Å². The minimum absolute atomic E-state index is 0.0645. The van der Waals surface area contributed by atoms with E-state index in [0.717, 1.165) is 6.20 Å². The van der Waals surface area contributed by atoms with E-state index in [9.17, 15) is 18.0 Å². The molecule has 0 aliphatic carbocycles. The Kier molecular flexibility index (Phi) is 4.08. The minimum atomic E-state index is -4.86. The number of ether oxygens (including phenoxy) is 1. The van der Waals surface area contributed by atoms with Crippen molar-refractivity contribution in [2.24, 2.45) is 5.73 Å². The lowest BCUT2D eigenvalue weighted by Gasteiger charge is -2.13. The third-order valence-corrected chi connectivity index (χ3v) is 2.40. The zero-order chi connectivity index (χ0) is 12.3. The predicted octanol–water partition coefficient (Wildman–Crippen LogP) is 1.86. The second kappa shape index (κ2) is 4.95. The van der Waals surface area contributed by atoms with Crippen LogP contribution in [0.1, 0.15) is 16.1 Å². The Morgan fingerprint density at radius 1 is 1.56 bits per heavy atom. The number of rotatable bonds is 3. The van der Waals surface area contributed by atoms with Gasteiger partial charge in [0, 0.05) is 12.7 Å². The average molecular weight is 346 g/mol. The number of aldehydes is 1. The lowest BCUT2D eigenvalue weighted by atomic mass is 10.2. The summed E-state index contributed by atoms with van der Waals surface area (Å²) in [5.74, 6) is -0.557. The topological polar surface area (TPSA) is 65.2 Å². The molecule has 0 unspecified atom stereocenters. The van der Waals surface area contributed by atoms with Crippen LogP contribution in [0.4, 0.5) is 13.2 Å². The van der Waals surface area contributed by atoms with Gasteiger partial charge in [-0.05, 0) is 22.6 Å². The molecule has 4 nitrogen and oxygen atoms in total. The maximum Gasteiger partial charge on any atom is 0.573 e. The first-order chi connectivity index (χ1) is 7.39. The molecule has 1 aromatic rings. The zero-order valence-electron chi connectivity index (χ0n) is 7.71. The van der Waals surface area contributed by atoms with Crippen LogP contribution in [0, 0.1) is 3.57 Å². The molecule has 2 N–H and O–H groups in total. The number of halogens is 4. The Hall–Kier alpha value is -0.900. The van der Waals surface area contributed by atoms with Crippen molar-refractivity contribution in [3.8, 4) is 5.75 Å². The van der Waals surface area contributed by atoms with Crippen molar-refractivity contribution in [2.75, 3.05) is 0 Å². The number of carbonyl (C=O) groups is 1. The summed E-state index contributed by atoms with van der Waals surface area (Å²) in [5.41, 5.74) is 5.04. The Balaban J connectivity index is 3.29. The number of nitrogens with two attached hydrogens (primary N) is 1. The van der Waals surface area contributed by atoms with E-state index in [1.165, 1.54) is 0 Å². The molecular weight excluding hydrogens is 340 g/mol. The largest absolute Gasteiger partial charge is 0.573 e. The number of carbonyl (C=O) groups excluding carboxylic acids is 1. The van der Waals surface area contributed by atoms with Crippen LogP contribution in [0.2, 0.25) is 0 Å². The molecule has 88 valence electrons. The summed E-state index contributed by atoms with van der Waals surface area (Å²) in [5, 5.41) is 0. The van der Waals surface area contributed by atoms with Crippen molar-refractivity contribution < 1.29 is 22.7 Å². The molecule has 0 fully saturated rings. The summed E-state index contributed by atoms with van der Waals surface area (Å²) in [6, 6.07) is 0. The van der Waals surface area contributed by atoms with E-state index in [1.54, 1.807) is 22.6 Å². The molecule has 0 saturated heterocycles. The highest BCUT2D eigenvalue weighted by atomic mass is 127. The summed E-state index contributed by atoms with van der Waals surface area (Å²) in [6.45, 7) is -0.140. The molecule has 1 aromatic heterocycles. The predicted molar refractivity (Wildman–Crippen MR) is 56.9 cm³/mol. The fourth-order valence-corrected chi connectivity index (χ4v) is 1.57. The van der Waals surface area contributed by atoms with E-state index in [4.69, 9.17) is 5.73 Å². The minimum Gasteiger partial charge on any atom is -0.404 e. The molecule has 16 heavy (non-hydrogen) atoms. The van der Waals surface area contributed by atoms with Gasteiger partial charge in [-0.1, -0.05) is 0 Å². The Morgan fingerprint density at radius 2 is 2.19 bits per heavy atom. The van der Waals surface area contributed by atoms with E-state index < -0.39 is 12.1 Å². The monoisotopic (exact) mass is 346 g/mol. The third kappa shape index (κ3) is 3.04. The van der Waals surface area contributed by atoms with Crippen LogP contribution in [-0.2, 0) is 6.54 Å². The van der Waals surface area contributed by atoms with Crippen molar-refractivity contribution in [3.63, 3.8) is 0 Å². The van der Waals surface area contributed by atoms with Gasteiger partial charge in [0.15, 0.2) is 12.0 Å². The molecule has 0 saturated carbocycles. The summed E-state index contributed by atoms with van der Waals surface area (Å²) in [7, 11) is 0. The Morgan fingerprint density at radius 3 is 2.62 bits per heavy atom. The Bertz CT molecular complexity index is 409. The molecule has 1 rings (SSSR count). The van der Waals surface area contributed by atoms with Gasteiger partial charge in [0.25, 0.3) is 0 Å². The number of hydrogen-bond donors (Lipinski definition) is 1. The maximum atomic E-state index is 12.1. The van der Waals surface area contributed by atoms with Crippen LogP contribution in [0.25, 0.3) is 0 Å². The maximum absolute atomic E-state index is 12.1. The highest BCUT2D eigenvalue weighted by molar-refractivity contribution is 14.1. The number of aromatic nitrogens is 1. The van der Waals surface area contributed by atoms with Gasteiger partial charge in [-0.2, -0.15) is 0 Å². The van der Waals surface area contributed by atoms with E-state index in [0.29, 0.717) is 0 Å². The molecule has 0 aliphatic rings. The number of hydrogen-bond acceptors (Lipinski definition) is 4. The van der Waals surface area contributed by atoms with Crippen molar-refractivity contribution >= 4 is 28.9 Å². The van der Waals surface area contributed by atoms with E-state index in [1.807, 2.05) is 0 Å². The van der Waals surface area contributed by atoms with Crippen molar-refractivity contribution in [1.82, 2.24) is 4.98 Å². The van der Waals surface area contributed by atoms with Gasteiger partial charge >= 0.3 is 6.36 Å². The van der Waals surface area contributed by atoms with Crippen LogP contribution in [0.15, 0.2) is 6.20 Å². The van der Waals surface area contributed by atoms with Crippen LogP contribution in [0.5, 0.6) is 5.75 Å². The van der Waals surface area contributed by atoms with Gasteiger partial charge in [0.1, 0.15) is 0 Å². The summed E-state index contributed by atoms with van der Waals surface area (Å²) in [4.78, 5) is 14.4. The van der Waals surface area contributed by atoms with Gasteiger partial charge in [0.2, 0.25) is 0 Å². The fraction of sp³-hybridized carbons (Fsp3) is 0.250. The summed E-state index contributed by atoms with van der Waals surface area (Å²) >= 11 is 1.60. The lowest BCUT2D eigenvalue weighted by molar-refractivity contribution is -0.275. The van der Waals surface area contributed by atoms with Gasteiger partial charge in [0.05, 0.1) is 14.8 Å². The molecule has 8 heteroatoms. The van der Waals surface area contributed by atoms with Gasteiger partial charge in [-0.3, -0.25) is 9.78 Å². The number of alkyl halides is 3. The Labute approximate surface area is 102 Å². The van der Waals surface area contributed by atoms with Gasteiger partial charge in [-0.25, -0.2) is 0 Å². The molecule has 0 aliphatic heterocycles. The fourth-order valence-electron chi connectivity index (χ4n) is 1.03. The summed E-state index contributed by atoms with van der Waals surface area (Å²) in [6.07, 6.45) is -3.44. The standard InChI is InChI=1S/C8H6F3IN2O2/c9-8(10,11)16-7-4(3-15)6(1-13)14-2-5(7)12/h2-3H,1,13H2. The molecule has 0 amide bonds. The van der Waals surface area contributed by atoms with Crippen molar-refractivity contribution in [1.29, 1.82) is 0 Å². The van der Waals surface area contributed by atoms with E-state index in [2.05, 4.69) is 9.72 Å². The van der Waals surface area contributed by atoms with E-state index in [-0.39, 0.29) is 27.7 Å². The van der Waals surface area contributed by atoms with Crippen molar-refractivity contribution in [2.45, 2.75) is 12.9 Å². The molecule has 1 heterocycles. The van der Waals surface area contributed by atoms with Crippen molar-refractivity contribution in [3.05, 3.63) is 21.0 Å². The number of nitrogens with zero attached hydrogens (tertiary/aromatic N) is 1.